The molecule has 0 saturated heterocycles. The summed E-state index contributed by atoms with van der Waals surface area (Å²) in [6.07, 6.45) is -0.903. The quantitative estimate of drug-likeness (QED) is 0.751. The summed E-state index contributed by atoms with van der Waals surface area (Å²) < 4.78 is 10.7. The number of halogens is 2. The maximum absolute atomic E-state index is 10.4. The fourth-order valence-electron chi connectivity index (χ4n) is 2.19. The number of hydrogen-bond donors (Lipinski definition) is 1. The van der Waals surface area contributed by atoms with Crippen LogP contribution in [0, 0.1) is 0 Å². The van der Waals surface area contributed by atoms with Gasteiger partial charge in [-0.15, -0.1) is 0 Å². The Morgan fingerprint density at radius 1 is 1.10 bits per heavy atom. The molecule has 0 amide bonds. The van der Waals surface area contributed by atoms with Crippen LogP contribution in [0.4, 0.5) is 0 Å². The van der Waals surface area contributed by atoms with Gasteiger partial charge in [0.15, 0.2) is 0 Å². The van der Waals surface area contributed by atoms with Crippen LogP contribution in [0.1, 0.15) is 17.4 Å². The summed E-state index contributed by atoms with van der Waals surface area (Å²) in [7, 11) is 1.54. The van der Waals surface area contributed by atoms with E-state index in [1.54, 1.807) is 49.6 Å². The molecule has 3 nitrogen and oxygen atoms in total. The van der Waals surface area contributed by atoms with Crippen LogP contribution in [-0.4, -0.2) is 12.2 Å². The van der Waals surface area contributed by atoms with Gasteiger partial charge in [-0.25, -0.2) is 0 Å². The monoisotopic (exact) mass is 322 g/mol. The Kier molecular flexibility index (Phi) is 3.81. The van der Waals surface area contributed by atoms with Crippen molar-refractivity contribution in [1.29, 1.82) is 0 Å². The molecule has 5 heteroatoms. The molecular formula is C16H12Cl2O3. The second-order valence-electron chi connectivity index (χ2n) is 4.63. The summed E-state index contributed by atoms with van der Waals surface area (Å²) in [5.41, 5.74) is 1.30. The molecule has 0 radical (unpaired) electrons. The van der Waals surface area contributed by atoms with E-state index in [1.807, 2.05) is 0 Å². The van der Waals surface area contributed by atoms with Crippen molar-refractivity contribution < 1.29 is 14.3 Å². The van der Waals surface area contributed by atoms with Crippen molar-refractivity contribution in [2.75, 3.05) is 7.11 Å². The SMILES string of the molecule is COc1ccc(C(O)c2cc3cc(Cl)ccc3o2)cc1Cl. The summed E-state index contributed by atoms with van der Waals surface area (Å²) in [5, 5.41) is 12.3. The van der Waals surface area contributed by atoms with E-state index in [4.69, 9.17) is 32.4 Å². The lowest BCUT2D eigenvalue weighted by Crippen LogP contribution is -1.98. The highest BCUT2D eigenvalue weighted by Gasteiger charge is 2.17. The zero-order chi connectivity index (χ0) is 15.0. The molecule has 0 saturated carbocycles. The van der Waals surface area contributed by atoms with Crippen molar-refractivity contribution in [3.63, 3.8) is 0 Å². The molecule has 1 heterocycles. The van der Waals surface area contributed by atoms with E-state index >= 15 is 0 Å². The smallest absolute Gasteiger partial charge is 0.138 e. The highest BCUT2D eigenvalue weighted by atomic mass is 35.5. The topological polar surface area (TPSA) is 42.6 Å². The van der Waals surface area contributed by atoms with E-state index in [-0.39, 0.29) is 0 Å². The maximum atomic E-state index is 10.4. The maximum Gasteiger partial charge on any atom is 0.138 e. The number of ether oxygens (including phenoxy) is 1. The Bertz CT molecular complexity index is 795. The second-order valence-corrected chi connectivity index (χ2v) is 5.47. The average Bonchev–Trinajstić information content (AvgIpc) is 2.89. The third-order valence-electron chi connectivity index (χ3n) is 3.26. The lowest BCUT2D eigenvalue weighted by Gasteiger charge is -2.10. The van der Waals surface area contributed by atoms with Crippen LogP contribution in [0.5, 0.6) is 5.75 Å². The third kappa shape index (κ3) is 2.72. The van der Waals surface area contributed by atoms with Gasteiger partial charge in [-0.2, -0.15) is 0 Å². The molecule has 0 fully saturated rings. The molecule has 21 heavy (non-hydrogen) atoms. The molecular weight excluding hydrogens is 311 g/mol. The third-order valence-corrected chi connectivity index (χ3v) is 3.79. The Labute approximate surface area is 131 Å². The molecule has 1 atom stereocenters. The summed E-state index contributed by atoms with van der Waals surface area (Å²) in [6, 6.07) is 12.2. The number of fused-ring (bicyclic) bond motifs is 1. The predicted octanol–water partition coefficient (Wildman–Crippen LogP) is 4.83. The average molecular weight is 323 g/mol. The minimum Gasteiger partial charge on any atom is -0.495 e. The number of rotatable bonds is 3. The molecule has 0 aliphatic heterocycles. The number of aliphatic hydroxyl groups is 1. The molecule has 3 rings (SSSR count). The van der Waals surface area contributed by atoms with Gasteiger partial charge in [-0.3, -0.25) is 0 Å². The number of methoxy groups -OCH3 is 1. The van der Waals surface area contributed by atoms with Gasteiger partial charge < -0.3 is 14.3 Å². The van der Waals surface area contributed by atoms with Gasteiger partial charge in [0.25, 0.3) is 0 Å². The first-order valence-corrected chi connectivity index (χ1v) is 7.04. The minimum atomic E-state index is -0.903. The lowest BCUT2D eigenvalue weighted by atomic mass is 10.1. The lowest BCUT2D eigenvalue weighted by molar-refractivity contribution is 0.192. The molecule has 0 bridgehead atoms. The predicted molar refractivity (Wildman–Crippen MR) is 83.3 cm³/mol. The van der Waals surface area contributed by atoms with Gasteiger partial charge in [0, 0.05) is 10.4 Å². The van der Waals surface area contributed by atoms with Gasteiger partial charge >= 0.3 is 0 Å². The second kappa shape index (κ2) is 5.60. The Morgan fingerprint density at radius 2 is 1.90 bits per heavy atom. The summed E-state index contributed by atoms with van der Waals surface area (Å²) in [5.74, 6) is 0.998. The van der Waals surface area contributed by atoms with E-state index in [9.17, 15) is 5.11 Å². The first-order chi connectivity index (χ1) is 10.1. The molecule has 1 N–H and O–H groups in total. The van der Waals surface area contributed by atoms with Crippen LogP contribution in [-0.2, 0) is 0 Å². The number of aliphatic hydroxyl groups excluding tert-OH is 1. The molecule has 108 valence electrons. The Hall–Kier alpha value is -1.68. The van der Waals surface area contributed by atoms with Crippen LogP contribution in [0.3, 0.4) is 0 Å². The molecule has 3 aromatic rings. The van der Waals surface area contributed by atoms with E-state index in [1.165, 1.54) is 0 Å². The van der Waals surface area contributed by atoms with Crippen LogP contribution >= 0.6 is 23.2 Å². The van der Waals surface area contributed by atoms with Crippen molar-refractivity contribution in [2.24, 2.45) is 0 Å². The van der Waals surface area contributed by atoms with Gasteiger partial charge in [0.1, 0.15) is 23.2 Å². The summed E-state index contributed by atoms with van der Waals surface area (Å²) >= 11 is 12.0. The summed E-state index contributed by atoms with van der Waals surface area (Å²) in [6.45, 7) is 0. The van der Waals surface area contributed by atoms with E-state index in [0.29, 0.717) is 32.7 Å². The largest absolute Gasteiger partial charge is 0.495 e. The molecule has 0 aliphatic carbocycles. The number of hydrogen-bond acceptors (Lipinski definition) is 3. The fraction of sp³-hybridized carbons (Fsp3) is 0.125. The van der Waals surface area contributed by atoms with Crippen molar-refractivity contribution in [3.8, 4) is 5.75 Å². The zero-order valence-corrected chi connectivity index (χ0v) is 12.7. The zero-order valence-electron chi connectivity index (χ0n) is 11.1. The van der Waals surface area contributed by atoms with Crippen molar-refractivity contribution >= 4 is 34.2 Å². The van der Waals surface area contributed by atoms with Crippen LogP contribution < -0.4 is 4.74 Å². The van der Waals surface area contributed by atoms with Crippen molar-refractivity contribution in [1.82, 2.24) is 0 Å². The Balaban J connectivity index is 1.99. The standard InChI is InChI=1S/C16H12Cl2O3/c1-20-14-4-2-9(7-12(14)18)16(19)15-8-10-6-11(17)3-5-13(10)21-15/h2-8,16,19H,1H3. The number of furan rings is 1. The van der Waals surface area contributed by atoms with E-state index in [2.05, 4.69) is 0 Å². The molecule has 1 unspecified atom stereocenters. The Morgan fingerprint density at radius 3 is 2.62 bits per heavy atom. The van der Waals surface area contributed by atoms with Crippen LogP contribution in [0.15, 0.2) is 46.9 Å². The number of benzene rings is 2. The van der Waals surface area contributed by atoms with Crippen molar-refractivity contribution in [2.45, 2.75) is 6.10 Å². The highest BCUT2D eigenvalue weighted by molar-refractivity contribution is 6.32. The van der Waals surface area contributed by atoms with Gasteiger partial charge in [-0.1, -0.05) is 29.3 Å². The van der Waals surface area contributed by atoms with Crippen LogP contribution in [0.25, 0.3) is 11.0 Å². The van der Waals surface area contributed by atoms with Gasteiger partial charge in [0.05, 0.1) is 12.1 Å². The normalized spacial score (nSPS) is 12.6. The highest BCUT2D eigenvalue weighted by Crippen LogP contribution is 2.33. The minimum absolute atomic E-state index is 0.438. The fourth-order valence-corrected chi connectivity index (χ4v) is 2.63. The molecule has 2 aromatic carbocycles. The molecule has 1 aromatic heterocycles. The first kappa shape index (κ1) is 14.3. The van der Waals surface area contributed by atoms with E-state index in [0.717, 1.165) is 5.39 Å². The summed E-state index contributed by atoms with van der Waals surface area (Å²) in [4.78, 5) is 0. The molecule has 0 aliphatic rings. The van der Waals surface area contributed by atoms with Crippen LogP contribution in [0.2, 0.25) is 10.0 Å². The van der Waals surface area contributed by atoms with Gasteiger partial charge in [-0.05, 0) is 42.0 Å². The van der Waals surface area contributed by atoms with E-state index < -0.39 is 6.10 Å². The molecule has 0 spiro atoms. The van der Waals surface area contributed by atoms with Gasteiger partial charge in [0.2, 0.25) is 0 Å². The first-order valence-electron chi connectivity index (χ1n) is 6.29. The van der Waals surface area contributed by atoms with Crippen molar-refractivity contribution in [3.05, 3.63) is 63.8 Å².